The Hall–Kier alpha value is -4.26. The number of Topliss-reactive ketones (excluding diaryl/α,β-unsaturated/α-hetero) is 1. The average Bonchev–Trinajstić information content (AvgIpc) is 3.33. The lowest BCUT2D eigenvalue weighted by Crippen LogP contribution is -2.08. The van der Waals surface area contributed by atoms with Crippen molar-refractivity contribution in [3.05, 3.63) is 101 Å². The number of esters is 1. The summed E-state index contributed by atoms with van der Waals surface area (Å²) in [5.41, 5.74) is 3.83. The average molecular weight is 458 g/mol. The smallest absolute Gasteiger partial charge is 0.339 e. The molecule has 7 heteroatoms. The topological polar surface area (TPSA) is 81.3 Å². The lowest BCUT2D eigenvalue weighted by molar-refractivity contribution is -0.117. The molecule has 0 radical (unpaired) electrons. The molecule has 2 aromatic heterocycles. The van der Waals surface area contributed by atoms with Crippen LogP contribution in [0.25, 0.3) is 11.4 Å². The van der Waals surface area contributed by atoms with E-state index < -0.39 is 5.97 Å². The molecule has 0 spiro atoms. The number of aryl methyl sites for hydroxylation is 1. The van der Waals surface area contributed by atoms with Crippen LogP contribution in [-0.4, -0.2) is 28.8 Å². The number of rotatable bonds is 8. The molecule has 0 aliphatic rings. The summed E-state index contributed by atoms with van der Waals surface area (Å²) in [5, 5.41) is 0. The third-order valence-corrected chi connectivity index (χ3v) is 5.26. The highest BCUT2D eigenvalue weighted by Crippen LogP contribution is 2.26. The van der Waals surface area contributed by atoms with Crippen LogP contribution >= 0.6 is 0 Å². The van der Waals surface area contributed by atoms with Crippen LogP contribution in [0, 0.1) is 12.7 Å². The number of H-pyrrole nitrogens is 1. The van der Waals surface area contributed by atoms with Gasteiger partial charge in [0.25, 0.3) is 0 Å². The van der Waals surface area contributed by atoms with Crippen LogP contribution in [-0.2, 0) is 22.4 Å². The molecular weight excluding hydrogens is 435 g/mol. The fraction of sp³-hybridized carbons (Fsp3) is 0.148. The van der Waals surface area contributed by atoms with Crippen molar-refractivity contribution in [1.82, 2.24) is 9.97 Å². The maximum atomic E-state index is 13.9. The Labute approximate surface area is 196 Å². The van der Waals surface area contributed by atoms with E-state index in [-0.39, 0.29) is 24.4 Å². The van der Waals surface area contributed by atoms with Crippen molar-refractivity contribution in [2.24, 2.45) is 0 Å². The first-order chi connectivity index (χ1) is 16.4. The molecule has 0 bridgehead atoms. The number of carbonyl (C=O) groups excluding carboxylic acids is 2. The Morgan fingerprint density at radius 3 is 2.53 bits per heavy atom. The van der Waals surface area contributed by atoms with Crippen LogP contribution < -0.4 is 4.74 Å². The molecule has 34 heavy (non-hydrogen) atoms. The highest BCUT2D eigenvalue weighted by atomic mass is 19.1. The molecule has 0 unspecified atom stereocenters. The number of carbonyl (C=O) groups is 2. The van der Waals surface area contributed by atoms with Crippen molar-refractivity contribution < 1.29 is 23.5 Å². The van der Waals surface area contributed by atoms with Gasteiger partial charge in [0.1, 0.15) is 23.1 Å². The van der Waals surface area contributed by atoms with Gasteiger partial charge in [0.05, 0.1) is 24.1 Å². The van der Waals surface area contributed by atoms with Crippen LogP contribution in [0.4, 0.5) is 4.39 Å². The highest BCUT2D eigenvalue weighted by Gasteiger charge is 2.12. The SMILES string of the molecule is COC(=O)c1c[nH]c(-c2cc(Oc3ccc(CC(=O)Cc4cc(C)ccc4F)cc3)ccn2)c1. The molecule has 4 aromatic rings. The number of aromatic amines is 1. The number of hydrogen-bond acceptors (Lipinski definition) is 5. The van der Waals surface area contributed by atoms with Crippen LogP contribution in [0.2, 0.25) is 0 Å². The first-order valence-corrected chi connectivity index (χ1v) is 10.7. The Balaban J connectivity index is 1.39. The summed E-state index contributed by atoms with van der Waals surface area (Å²) in [5.74, 6) is 0.310. The number of nitrogens with zero attached hydrogens (tertiary/aromatic N) is 1. The third kappa shape index (κ3) is 5.56. The van der Waals surface area contributed by atoms with Crippen LogP contribution in [0.3, 0.4) is 0 Å². The quantitative estimate of drug-likeness (QED) is 0.355. The predicted molar refractivity (Wildman–Crippen MR) is 125 cm³/mol. The summed E-state index contributed by atoms with van der Waals surface area (Å²) in [6, 6.07) is 17.1. The van der Waals surface area contributed by atoms with Crippen molar-refractivity contribution in [2.75, 3.05) is 7.11 Å². The molecule has 2 aromatic carbocycles. The summed E-state index contributed by atoms with van der Waals surface area (Å²) in [6.07, 6.45) is 3.44. The predicted octanol–water partition coefficient (Wildman–Crippen LogP) is 5.46. The zero-order valence-electron chi connectivity index (χ0n) is 18.8. The Kier molecular flexibility index (Phi) is 6.82. The minimum Gasteiger partial charge on any atom is -0.465 e. The van der Waals surface area contributed by atoms with Gasteiger partial charge in [-0.2, -0.15) is 0 Å². The maximum absolute atomic E-state index is 13.9. The second kappa shape index (κ2) is 10.1. The second-order valence-corrected chi connectivity index (χ2v) is 7.90. The number of hydrogen-bond donors (Lipinski definition) is 1. The highest BCUT2D eigenvalue weighted by molar-refractivity contribution is 5.90. The summed E-state index contributed by atoms with van der Waals surface area (Å²) >= 11 is 0. The molecule has 6 nitrogen and oxygen atoms in total. The van der Waals surface area contributed by atoms with E-state index in [9.17, 15) is 14.0 Å². The first-order valence-electron chi connectivity index (χ1n) is 10.7. The molecule has 1 N–H and O–H groups in total. The van der Waals surface area contributed by atoms with E-state index >= 15 is 0 Å². The van der Waals surface area contributed by atoms with Gasteiger partial charge in [-0.25, -0.2) is 9.18 Å². The Bertz CT molecular complexity index is 1330. The zero-order chi connectivity index (χ0) is 24.1. The van der Waals surface area contributed by atoms with Crippen molar-refractivity contribution in [3.8, 4) is 22.9 Å². The minimum atomic E-state index is -0.433. The van der Waals surface area contributed by atoms with E-state index in [0.29, 0.717) is 34.0 Å². The molecule has 172 valence electrons. The van der Waals surface area contributed by atoms with Gasteiger partial charge in [0.2, 0.25) is 0 Å². The largest absolute Gasteiger partial charge is 0.465 e. The monoisotopic (exact) mass is 458 g/mol. The fourth-order valence-corrected chi connectivity index (χ4v) is 3.55. The first kappa shape index (κ1) is 22.9. The molecule has 0 aliphatic carbocycles. The van der Waals surface area contributed by atoms with Gasteiger partial charge < -0.3 is 14.5 Å². The lowest BCUT2D eigenvalue weighted by Gasteiger charge is -2.08. The summed E-state index contributed by atoms with van der Waals surface area (Å²) in [6.45, 7) is 1.87. The molecule has 0 fully saturated rings. The van der Waals surface area contributed by atoms with Gasteiger partial charge >= 0.3 is 5.97 Å². The molecule has 2 heterocycles. The van der Waals surface area contributed by atoms with Crippen LogP contribution in [0.15, 0.2) is 73.1 Å². The maximum Gasteiger partial charge on any atom is 0.339 e. The number of aromatic nitrogens is 2. The van der Waals surface area contributed by atoms with Gasteiger partial charge in [-0.15, -0.1) is 0 Å². The van der Waals surface area contributed by atoms with Crippen molar-refractivity contribution in [3.63, 3.8) is 0 Å². The number of nitrogens with one attached hydrogen (secondary N) is 1. The summed E-state index contributed by atoms with van der Waals surface area (Å²) in [7, 11) is 1.33. The number of benzene rings is 2. The standard InChI is InChI=1S/C27H23FN2O4/c1-17-3-8-24(28)19(11-17)13-21(31)12-18-4-6-22(7-5-18)34-23-9-10-29-26(15-23)25-14-20(16-30-25)27(32)33-2/h3-11,14-16,30H,12-13H2,1-2H3. The third-order valence-electron chi connectivity index (χ3n) is 5.26. The van der Waals surface area contributed by atoms with E-state index in [2.05, 4.69) is 9.97 Å². The van der Waals surface area contributed by atoms with Crippen LogP contribution in [0.5, 0.6) is 11.5 Å². The number of ether oxygens (including phenoxy) is 2. The lowest BCUT2D eigenvalue weighted by atomic mass is 10.0. The molecule has 0 saturated heterocycles. The second-order valence-electron chi connectivity index (χ2n) is 7.90. The molecule has 0 amide bonds. The van der Waals surface area contributed by atoms with Gasteiger partial charge in [-0.05, 0) is 48.4 Å². The number of methoxy groups -OCH3 is 1. The molecule has 0 aliphatic heterocycles. The van der Waals surface area contributed by atoms with Gasteiger partial charge in [-0.3, -0.25) is 9.78 Å². The zero-order valence-corrected chi connectivity index (χ0v) is 18.8. The summed E-state index contributed by atoms with van der Waals surface area (Å²) in [4.78, 5) is 31.4. The van der Waals surface area contributed by atoms with E-state index in [1.807, 2.05) is 19.1 Å². The Morgan fingerprint density at radius 2 is 1.76 bits per heavy atom. The van der Waals surface area contributed by atoms with E-state index in [0.717, 1.165) is 11.1 Å². The number of pyridine rings is 1. The number of ketones is 1. The van der Waals surface area contributed by atoms with Gasteiger partial charge in [0.15, 0.2) is 0 Å². The van der Waals surface area contributed by atoms with E-state index in [1.165, 1.54) is 13.2 Å². The molecular formula is C27H23FN2O4. The van der Waals surface area contributed by atoms with Crippen molar-refractivity contribution >= 4 is 11.8 Å². The summed E-state index contributed by atoms with van der Waals surface area (Å²) < 4.78 is 24.6. The van der Waals surface area contributed by atoms with Crippen molar-refractivity contribution in [2.45, 2.75) is 19.8 Å². The van der Waals surface area contributed by atoms with E-state index in [1.54, 1.807) is 54.9 Å². The molecule has 0 saturated carbocycles. The molecule has 0 atom stereocenters. The Morgan fingerprint density at radius 1 is 0.971 bits per heavy atom. The van der Waals surface area contributed by atoms with Gasteiger partial charge in [-0.1, -0.05) is 29.8 Å². The van der Waals surface area contributed by atoms with Crippen molar-refractivity contribution in [1.29, 1.82) is 0 Å². The number of halogens is 1. The van der Waals surface area contributed by atoms with E-state index in [4.69, 9.17) is 9.47 Å². The molecule has 4 rings (SSSR count). The minimum absolute atomic E-state index is 0.0575. The normalized spacial score (nSPS) is 10.7. The van der Waals surface area contributed by atoms with Gasteiger partial charge in [0, 0.05) is 31.3 Å². The fourth-order valence-electron chi connectivity index (χ4n) is 3.55. The van der Waals surface area contributed by atoms with Crippen LogP contribution in [0.1, 0.15) is 27.0 Å².